The van der Waals surface area contributed by atoms with Gasteiger partial charge in [-0.2, -0.15) is 0 Å². The predicted molar refractivity (Wildman–Crippen MR) is 75.5 cm³/mol. The standard InChI is InChI=1S/C14H20N2O4/c1-10(2)8-14(3,18)9-15-13(17)11-5-4-6-12(7-11)16(19)20/h4-7,10,18H,8-9H2,1-3H3,(H,15,17). The van der Waals surface area contributed by atoms with Crippen molar-refractivity contribution in [3.8, 4) is 0 Å². The summed E-state index contributed by atoms with van der Waals surface area (Å²) in [4.78, 5) is 22.0. The van der Waals surface area contributed by atoms with E-state index in [4.69, 9.17) is 0 Å². The fourth-order valence-corrected chi connectivity index (χ4v) is 2.09. The minimum absolute atomic E-state index is 0.104. The average molecular weight is 280 g/mol. The first-order valence-corrected chi connectivity index (χ1v) is 6.46. The van der Waals surface area contributed by atoms with Gasteiger partial charge in [0.15, 0.2) is 0 Å². The van der Waals surface area contributed by atoms with Gasteiger partial charge in [-0.05, 0) is 25.3 Å². The molecule has 0 saturated carbocycles. The van der Waals surface area contributed by atoms with Crippen LogP contribution in [0.2, 0.25) is 0 Å². The third-order valence-electron chi connectivity index (χ3n) is 2.80. The molecular formula is C14H20N2O4. The first-order valence-electron chi connectivity index (χ1n) is 6.46. The van der Waals surface area contributed by atoms with Gasteiger partial charge in [0, 0.05) is 24.2 Å². The Kier molecular flexibility index (Phi) is 5.21. The van der Waals surface area contributed by atoms with Crippen molar-refractivity contribution in [1.82, 2.24) is 5.32 Å². The summed E-state index contributed by atoms with van der Waals surface area (Å²) in [5, 5.41) is 23.3. The van der Waals surface area contributed by atoms with Crippen LogP contribution < -0.4 is 5.32 Å². The summed E-state index contributed by atoms with van der Waals surface area (Å²) in [6.45, 7) is 5.72. The van der Waals surface area contributed by atoms with Gasteiger partial charge in [0.25, 0.3) is 11.6 Å². The van der Waals surface area contributed by atoms with Crippen molar-refractivity contribution in [3.05, 3.63) is 39.9 Å². The van der Waals surface area contributed by atoms with E-state index in [9.17, 15) is 20.0 Å². The molecule has 0 aliphatic carbocycles. The Morgan fingerprint density at radius 2 is 2.15 bits per heavy atom. The van der Waals surface area contributed by atoms with Crippen molar-refractivity contribution >= 4 is 11.6 Å². The van der Waals surface area contributed by atoms with Gasteiger partial charge < -0.3 is 10.4 Å². The number of nitrogens with one attached hydrogen (secondary N) is 1. The number of hydrogen-bond acceptors (Lipinski definition) is 4. The van der Waals surface area contributed by atoms with Crippen molar-refractivity contribution in [2.75, 3.05) is 6.54 Å². The highest BCUT2D eigenvalue weighted by Crippen LogP contribution is 2.16. The molecule has 0 aliphatic heterocycles. The van der Waals surface area contributed by atoms with Gasteiger partial charge in [-0.15, -0.1) is 0 Å². The number of aliphatic hydroxyl groups is 1. The zero-order valence-corrected chi connectivity index (χ0v) is 11.9. The summed E-state index contributed by atoms with van der Waals surface area (Å²) in [6, 6.07) is 5.50. The van der Waals surface area contributed by atoms with E-state index in [0.717, 1.165) is 0 Å². The number of non-ortho nitro benzene ring substituents is 1. The van der Waals surface area contributed by atoms with E-state index in [2.05, 4.69) is 5.32 Å². The van der Waals surface area contributed by atoms with Gasteiger partial charge in [-0.3, -0.25) is 14.9 Å². The Labute approximate surface area is 118 Å². The zero-order valence-electron chi connectivity index (χ0n) is 11.9. The average Bonchev–Trinajstić information content (AvgIpc) is 2.34. The zero-order chi connectivity index (χ0) is 15.3. The fraction of sp³-hybridized carbons (Fsp3) is 0.500. The maximum atomic E-state index is 11.9. The summed E-state index contributed by atoms with van der Waals surface area (Å²) >= 11 is 0. The molecule has 0 saturated heterocycles. The third kappa shape index (κ3) is 4.97. The van der Waals surface area contributed by atoms with Gasteiger partial charge in [-0.25, -0.2) is 0 Å². The first kappa shape index (κ1) is 16.1. The van der Waals surface area contributed by atoms with Crippen LogP contribution >= 0.6 is 0 Å². The molecule has 1 atom stereocenters. The number of hydrogen-bond donors (Lipinski definition) is 2. The Balaban J connectivity index is 2.68. The first-order chi connectivity index (χ1) is 9.21. The molecule has 1 aromatic carbocycles. The molecule has 0 aromatic heterocycles. The summed E-state index contributed by atoms with van der Waals surface area (Å²) in [6.07, 6.45) is 0.558. The lowest BCUT2D eigenvalue weighted by molar-refractivity contribution is -0.384. The molecule has 110 valence electrons. The van der Waals surface area contributed by atoms with Crippen molar-refractivity contribution in [1.29, 1.82) is 0 Å². The third-order valence-corrected chi connectivity index (χ3v) is 2.80. The highest BCUT2D eigenvalue weighted by molar-refractivity contribution is 5.94. The van der Waals surface area contributed by atoms with Crippen LogP contribution in [0.4, 0.5) is 5.69 Å². The van der Waals surface area contributed by atoms with Crippen LogP contribution in [-0.4, -0.2) is 28.1 Å². The molecule has 0 aliphatic rings. The van der Waals surface area contributed by atoms with E-state index in [1.165, 1.54) is 24.3 Å². The van der Waals surface area contributed by atoms with Crippen molar-refractivity contribution < 1.29 is 14.8 Å². The second-order valence-electron chi connectivity index (χ2n) is 5.59. The normalized spacial score (nSPS) is 13.8. The smallest absolute Gasteiger partial charge is 0.270 e. The second kappa shape index (κ2) is 6.47. The fourth-order valence-electron chi connectivity index (χ4n) is 2.09. The Morgan fingerprint density at radius 3 is 2.70 bits per heavy atom. The maximum absolute atomic E-state index is 11.9. The summed E-state index contributed by atoms with van der Waals surface area (Å²) in [5.41, 5.74) is -0.920. The summed E-state index contributed by atoms with van der Waals surface area (Å²) in [7, 11) is 0. The van der Waals surface area contributed by atoms with E-state index in [0.29, 0.717) is 12.3 Å². The van der Waals surface area contributed by atoms with Crippen LogP contribution in [0.15, 0.2) is 24.3 Å². The number of amides is 1. The molecule has 2 N–H and O–H groups in total. The van der Waals surface area contributed by atoms with Gasteiger partial charge >= 0.3 is 0 Å². The van der Waals surface area contributed by atoms with Gasteiger partial charge in [0.1, 0.15) is 0 Å². The minimum Gasteiger partial charge on any atom is -0.388 e. The summed E-state index contributed by atoms with van der Waals surface area (Å²) < 4.78 is 0. The van der Waals surface area contributed by atoms with Crippen LogP contribution in [0.5, 0.6) is 0 Å². The van der Waals surface area contributed by atoms with E-state index in [1.807, 2.05) is 13.8 Å². The SMILES string of the molecule is CC(C)CC(C)(O)CNC(=O)c1cccc([N+](=O)[O-])c1. The largest absolute Gasteiger partial charge is 0.388 e. The van der Waals surface area contributed by atoms with Gasteiger partial charge in [0.05, 0.1) is 10.5 Å². The highest BCUT2D eigenvalue weighted by Gasteiger charge is 2.23. The molecule has 1 unspecified atom stereocenters. The van der Waals surface area contributed by atoms with Crippen molar-refractivity contribution in [2.24, 2.45) is 5.92 Å². The van der Waals surface area contributed by atoms with Crippen LogP contribution in [0.3, 0.4) is 0 Å². The Bertz CT molecular complexity index is 498. The number of nitro benzene ring substituents is 1. The molecule has 0 fully saturated rings. The lowest BCUT2D eigenvalue weighted by Crippen LogP contribution is -2.41. The minimum atomic E-state index is -0.995. The number of nitro groups is 1. The molecular weight excluding hydrogens is 260 g/mol. The number of carbonyl (C=O) groups is 1. The molecule has 6 heteroatoms. The topological polar surface area (TPSA) is 92.5 Å². The number of nitrogens with zero attached hydrogens (tertiary/aromatic N) is 1. The van der Waals surface area contributed by atoms with E-state index < -0.39 is 16.4 Å². The Morgan fingerprint density at radius 1 is 1.50 bits per heavy atom. The number of rotatable bonds is 6. The van der Waals surface area contributed by atoms with E-state index >= 15 is 0 Å². The molecule has 0 spiro atoms. The molecule has 1 rings (SSSR count). The van der Waals surface area contributed by atoms with Crippen molar-refractivity contribution in [2.45, 2.75) is 32.8 Å². The summed E-state index contributed by atoms with van der Waals surface area (Å²) in [5.74, 6) is -0.127. The molecule has 6 nitrogen and oxygen atoms in total. The number of benzene rings is 1. The monoisotopic (exact) mass is 280 g/mol. The second-order valence-corrected chi connectivity index (χ2v) is 5.59. The van der Waals surface area contributed by atoms with Crippen LogP contribution in [0.25, 0.3) is 0 Å². The Hall–Kier alpha value is -1.95. The van der Waals surface area contributed by atoms with Gasteiger partial charge in [-0.1, -0.05) is 19.9 Å². The van der Waals surface area contributed by atoms with Crippen molar-refractivity contribution in [3.63, 3.8) is 0 Å². The number of carbonyl (C=O) groups excluding carboxylic acids is 1. The van der Waals surface area contributed by atoms with E-state index in [1.54, 1.807) is 6.92 Å². The molecule has 20 heavy (non-hydrogen) atoms. The lowest BCUT2D eigenvalue weighted by Gasteiger charge is -2.25. The highest BCUT2D eigenvalue weighted by atomic mass is 16.6. The maximum Gasteiger partial charge on any atom is 0.270 e. The molecule has 0 bridgehead atoms. The predicted octanol–water partition coefficient (Wildman–Crippen LogP) is 2.12. The molecule has 0 radical (unpaired) electrons. The lowest BCUT2D eigenvalue weighted by atomic mass is 9.94. The molecule has 1 amide bonds. The quantitative estimate of drug-likeness (QED) is 0.616. The molecule has 1 aromatic rings. The van der Waals surface area contributed by atoms with E-state index in [-0.39, 0.29) is 17.8 Å². The van der Waals surface area contributed by atoms with Crippen LogP contribution in [-0.2, 0) is 0 Å². The van der Waals surface area contributed by atoms with Crippen LogP contribution in [0.1, 0.15) is 37.6 Å². The van der Waals surface area contributed by atoms with Gasteiger partial charge in [0.2, 0.25) is 0 Å². The van der Waals surface area contributed by atoms with Crippen LogP contribution in [0, 0.1) is 16.0 Å². The molecule has 0 heterocycles.